The fourth-order valence-corrected chi connectivity index (χ4v) is 4.35. The molecule has 0 spiro atoms. The highest BCUT2D eigenvalue weighted by molar-refractivity contribution is 6.32. The molecule has 0 aromatic carbocycles. The molecule has 2 aromatic rings. The van der Waals surface area contributed by atoms with Gasteiger partial charge in [-0.3, -0.25) is 19.1 Å². The maximum atomic E-state index is 13.2. The standard InChI is InChI=1S/C20H27ClF2N6O/c1-3-28-11-15(13(2)24-28)10-26-6-8-27(9-7-26)16(30)12-29-19(14-4-5-14)17(21)18(25-29)20(22)23/h11,14,20H,3-10,12H2,1-2H3. The van der Waals surface area contributed by atoms with Gasteiger partial charge in [0.2, 0.25) is 5.91 Å². The van der Waals surface area contributed by atoms with E-state index in [1.54, 1.807) is 4.90 Å². The topological polar surface area (TPSA) is 59.2 Å². The summed E-state index contributed by atoms with van der Waals surface area (Å²) in [5.74, 6) is 0.0286. The molecule has 0 atom stereocenters. The molecule has 1 saturated carbocycles. The number of amides is 1. The molecule has 2 aromatic heterocycles. The zero-order valence-corrected chi connectivity index (χ0v) is 18.1. The van der Waals surface area contributed by atoms with Crippen LogP contribution in [0.25, 0.3) is 0 Å². The van der Waals surface area contributed by atoms with E-state index in [-0.39, 0.29) is 23.4 Å². The van der Waals surface area contributed by atoms with Crippen LogP contribution in [0.1, 0.15) is 54.8 Å². The van der Waals surface area contributed by atoms with Gasteiger partial charge in [0.05, 0.1) is 16.4 Å². The number of carbonyl (C=O) groups is 1. The minimum Gasteiger partial charge on any atom is -0.339 e. The molecule has 2 aliphatic rings. The van der Waals surface area contributed by atoms with Crippen LogP contribution in [0.15, 0.2) is 6.20 Å². The van der Waals surface area contributed by atoms with Crippen LogP contribution in [-0.2, 0) is 24.4 Å². The summed E-state index contributed by atoms with van der Waals surface area (Å²) in [4.78, 5) is 16.9. The number of nitrogens with zero attached hydrogens (tertiary/aromatic N) is 6. The quantitative estimate of drug-likeness (QED) is 0.663. The van der Waals surface area contributed by atoms with E-state index in [0.717, 1.165) is 44.7 Å². The van der Waals surface area contributed by atoms with Gasteiger partial charge < -0.3 is 4.90 Å². The highest BCUT2D eigenvalue weighted by Crippen LogP contribution is 2.45. The maximum Gasteiger partial charge on any atom is 0.283 e. The van der Waals surface area contributed by atoms with Gasteiger partial charge in [-0.1, -0.05) is 11.6 Å². The Bertz CT molecular complexity index is 915. The second kappa shape index (κ2) is 8.63. The molecule has 0 unspecified atom stereocenters. The van der Waals surface area contributed by atoms with E-state index < -0.39 is 12.1 Å². The van der Waals surface area contributed by atoms with Gasteiger partial charge in [-0.2, -0.15) is 10.2 Å². The van der Waals surface area contributed by atoms with Gasteiger partial charge in [0.1, 0.15) is 12.2 Å². The van der Waals surface area contributed by atoms with E-state index in [0.29, 0.717) is 18.8 Å². The van der Waals surface area contributed by atoms with Gasteiger partial charge in [-0.25, -0.2) is 8.78 Å². The maximum absolute atomic E-state index is 13.2. The molecular weight excluding hydrogens is 414 g/mol. The highest BCUT2D eigenvalue weighted by Gasteiger charge is 2.35. The largest absolute Gasteiger partial charge is 0.339 e. The van der Waals surface area contributed by atoms with Crippen LogP contribution < -0.4 is 0 Å². The Kier molecular flexibility index (Phi) is 6.11. The fraction of sp³-hybridized carbons (Fsp3) is 0.650. The summed E-state index contributed by atoms with van der Waals surface area (Å²) >= 11 is 6.15. The molecule has 1 aliphatic heterocycles. The molecule has 0 bridgehead atoms. The van der Waals surface area contributed by atoms with Crippen LogP contribution in [0, 0.1) is 6.92 Å². The van der Waals surface area contributed by atoms with Crippen molar-refractivity contribution in [1.29, 1.82) is 0 Å². The molecule has 1 saturated heterocycles. The van der Waals surface area contributed by atoms with Gasteiger partial charge in [-0.15, -0.1) is 0 Å². The Morgan fingerprint density at radius 2 is 1.93 bits per heavy atom. The van der Waals surface area contributed by atoms with Gasteiger partial charge in [0.25, 0.3) is 6.43 Å². The van der Waals surface area contributed by atoms with Crippen LogP contribution in [0.3, 0.4) is 0 Å². The summed E-state index contributed by atoms with van der Waals surface area (Å²) in [5.41, 5.74) is 2.41. The van der Waals surface area contributed by atoms with Crippen molar-refractivity contribution >= 4 is 17.5 Å². The van der Waals surface area contributed by atoms with Gasteiger partial charge in [0.15, 0.2) is 0 Å². The predicted octanol–water partition coefficient (Wildman–Crippen LogP) is 3.22. The SMILES string of the molecule is CCn1cc(CN2CCN(C(=O)Cn3nc(C(F)F)c(Cl)c3C3CC3)CC2)c(C)n1. The Labute approximate surface area is 179 Å². The number of rotatable bonds is 7. The van der Waals surface area contributed by atoms with Gasteiger partial charge >= 0.3 is 0 Å². The Morgan fingerprint density at radius 3 is 2.50 bits per heavy atom. The first-order valence-corrected chi connectivity index (χ1v) is 10.8. The summed E-state index contributed by atoms with van der Waals surface area (Å²) in [5, 5.41) is 8.47. The number of hydrogen-bond donors (Lipinski definition) is 0. The summed E-state index contributed by atoms with van der Waals surface area (Å²) in [6.07, 6.45) is 1.13. The smallest absolute Gasteiger partial charge is 0.283 e. The van der Waals surface area contributed by atoms with Crippen molar-refractivity contribution in [2.75, 3.05) is 26.2 Å². The number of hydrogen-bond acceptors (Lipinski definition) is 4. The molecule has 1 aliphatic carbocycles. The third-order valence-corrected chi connectivity index (χ3v) is 6.29. The zero-order chi connectivity index (χ0) is 21.4. The van der Waals surface area contributed by atoms with Crippen molar-refractivity contribution in [3.63, 3.8) is 0 Å². The second-order valence-electron chi connectivity index (χ2n) is 8.07. The molecule has 10 heteroatoms. The first kappa shape index (κ1) is 21.2. The van der Waals surface area contributed by atoms with Crippen molar-refractivity contribution in [1.82, 2.24) is 29.4 Å². The fourth-order valence-electron chi connectivity index (χ4n) is 3.98. The normalized spacial score (nSPS) is 17.9. The van der Waals surface area contributed by atoms with E-state index >= 15 is 0 Å². The summed E-state index contributed by atoms with van der Waals surface area (Å²) < 4.78 is 29.7. The van der Waals surface area contributed by atoms with Crippen LogP contribution in [0.5, 0.6) is 0 Å². The predicted molar refractivity (Wildman–Crippen MR) is 109 cm³/mol. The first-order chi connectivity index (χ1) is 14.4. The van der Waals surface area contributed by atoms with Crippen LogP contribution >= 0.6 is 11.6 Å². The molecule has 30 heavy (non-hydrogen) atoms. The van der Waals surface area contributed by atoms with Crippen molar-refractivity contribution in [3.05, 3.63) is 33.9 Å². The van der Waals surface area contributed by atoms with Crippen molar-refractivity contribution < 1.29 is 13.6 Å². The van der Waals surface area contributed by atoms with Crippen molar-refractivity contribution in [2.45, 2.75) is 58.7 Å². The summed E-state index contributed by atoms with van der Waals surface area (Å²) in [7, 11) is 0. The first-order valence-electron chi connectivity index (χ1n) is 10.4. The second-order valence-corrected chi connectivity index (χ2v) is 8.45. The lowest BCUT2D eigenvalue weighted by Crippen LogP contribution is -2.49. The third kappa shape index (κ3) is 4.37. The monoisotopic (exact) mass is 440 g/mol. The third-order valence-electron chi connectivity index (χ3n) is 5.90. The molecule has 2 fully saturated rings. The van der Waals surface area contributed by atoms with Crippen LogP contribution in [-0.4, -0.2) is 61.4 Å². The van der Waals surface area contributed by atoms with Gasteiger partial charge in [-0.05, 0) is 26.7 Å². The number of carbonyl (C=O) groups excluding carboxylic acids is 1. The van der Waals surface area contributed by atoms with E-state index in [2.05, 4.69) is 28.2 Å². The lowest BCUT2D eigenvalue weighted by Gasteiger charge is -2.34. The lowest BCUT2D eigenvalue weighted by atomic mass is 10.2. The molecular formula is C20H27ClF2N6O. The number of halogens is 3. The van der Waals surface area contributed by atoms with E-state index in [9.17, 15) is 13.6 Å². The summed E-state index contributed by atoms with van der Waals surface area (Å²) in [6, 6.07) is 0. The average molecular weight is 441 g/mol. The number of aromatic nitrogens is 4. The number of piperazine rings is 1. The zero-order valence-electron chi connectivity index (χ0n) is 17.3. The van der Waals surface area contributed by atoms with Crippen molar-refractivity contribution in [2.24, 2.45) is 0 Å². The van der Waals surface area contributed by atoms with Crippen LogP contribution in [0.4, 0.5) is 8.78 Å². The lowest BCUT2D eigenvalue weighted by molar-refractivity contribution is -0.133. The van der Waals surface area contributed by atoms with E-state index in [4.69, 9.17) is 11.6 Å². The molecule has 3 heterocycles. The molecule has 1 amide bonds. The molecule has 164 valence electrons. The molecule has 4 rings (SSSR count). The highest BCUT2D eigenvalue weighted by atomic mass is 35.5. The number of aryl methyl sites for hydroxylation is 2. The molecule has 7 nitrogen and oxygen atoms in total. The minimum absolute atomic E-state index is 0.0214. The van der Waals surface area contributed by atoms with E-state index in [1.807, 2.05) is 11.6 Å². The van der Waals surface area contributed by atoms with E-state index in [1.165, 1.54) is 10.2 Å². The van der Waals surface area contributed by atoms with Crippen molar-refractivity contribution in [3.8, 4) is 0 Å². The summed E-state index contributed by atoms with van der Waals surface area (Å²) in [6.45, 7) is 8.43. The Hall–Kier alpha value is -2.00. The average Bonchev–Trinajstić information content (AvgIpc) is 3.41. The van der Waals surface area contributed by atoms with Crippen LogP contribution in [0.2, 0.25) is 5.02 Å². The number of alkyl halides is 2. The molecule has 0 radical (unpaired) electrons. The Balaban J connectivity index is 1.36. The Morgan fingerprint density at radius 1 is 1.23 bits per heavy atom. The molecule has 0 N–H and O–H groups in total. The minimum atomic E-state index is -2.74. The van der Waals surface area contributed by atoms with Gasteiger partial charge in [0, 0.05) is 56.9 Å².